The standard InChI is InChI=1S/C12H15NO3S/c1-6-7(2)17-11(9(6)12(15)16-3)13-10(14)8-4-5-8/h8H,4-5H2,1-3H3,(H,13,14). The largest absolute Gasteiger partial charge is 0.465 e. The van der Waals surface area contributed by atoms with Crippen molar-refractivity contribution in [1.82, 2.24) is 0 Å². The summed E-state index contributed by atoms with van der Waals surface area (Å²) in [7, 11) is 1.35. The fraction of sp³-hybridized carbons (Fsp3) is 0.500. The summed E-state index contributed by atoms with van der Waals surface area (Å²) in [6.07, 6.45) is 1.89. The number of anilines is 1. The van der Waals surface area contributed by atoms with Gasteiger partial charge in [0.05, 0.1) is 12.7 Å². The molecule has 1 amide bonds. The smallest absolute Gasteiger partial charge is 0.341 e. The Morgan fingerprint density at radius 2 is 2.00 bits per heavy atom. The van der Waals surface area contributed by atoms with E-state index in [1.807, 2.05) is 13.8 Å². The number of nitrogens with one attached hydrogen (secondary N) is 1. The number of ether oxygens (including phenoxy) is 1. The Hall–Kier alpha value is -1.36. The molecule has 1 aromatic heterocycles. The van der Waals surface area contributed by atoms with Crippen molar-refractivity contribution >= 4 is 28.2 Å². The van der Waals surface area contributed by atoms with Crippen molar-refractivity contribution in [2.24, 2.45) is 5.92 Å². The van der Waals surface area contributed by atoms with E-state index in [1.165, 1.54) is 18.4 Å². The molecular formula is C12H15NO3S. The molecule has 0 bridgehead atoms. The molecule has 5 heteroatoms. The second-order valence-corrected chi connectivity index (χ2v) is 5.47. The van der Waals surface area contributed by atoms with E-state index in [4.69, 9.17) is 4.74 Å². The van der Waals surface area contributed by atoms with Crippen molar-refractivity contribution in [1.29, 1.82) is 0 Å². The first-order valence-corrected chi connectivity index (χ1v) is 6.35. The molecule has 1 fully saturated rings. The molecule has 1 heterocycles. The Labute approximate surface area is 104 Å². The van der Waals surface area contributed by atoms with Gasteiger partial charge in [0.25, 0.3) is 0 Å². The normalized spacial score (nSPS) is 14.5. The lowest BCUT2D eigenvalue weighted by atomic mass is 10.1. The number of aryl methyl sites for hydroxylation is 1. The fourth-order valence-electron chi connectivity index (χ4n) is 1.62. The average Bonchev–Trinajstić information content (AvgIpc) is 3.08. The van der Waals surface area contributed by atoms with Crippen molar-refractivity contribution in [3.63, 3.8) is 0 Å². The highest BCUT2D eigenvalue weighted by atomic mass is 32.1. The molecule has 0 radical (unpaired) electrons. The van der Waals surface area contributed by atoms with Gasteiger partial charge >= 0.3 is 5.97 Å². The van der Waals surface area contributed by atoms with E-state index in [1.54, 1.807) is 0 Å². The maximum Gasteiger partial charge on any atom is 0.341 e. The molecule has 0 spiro atoms. The third kappa shape index (κ3) is 2.34. The Balaban J connectivity index is 2.28. The summed E-state index contributed by atoms with van der Waals surface area (Å²) in [5.74, 6) is -0.252. The first-order valence-electron chi connectivity index (χ1n) is 5.53. The minimum Gasteiger partial charge on any atom is -0.465 e. The van der Waals surface area contributed by atoms with Crippen LogP contribution in [-0.2, 0) is 9.53 Å². The number of methoxy groups -OCH3 is 1. The van der Waals surface area contributed by atoms with Gasteiger partial charge in [0.2, 0.25) is 5.91 Å². The van der Waals surface area contributed by atoms with Gasteiger partial charge in [-0.25, -0.2) is 4.79 Å². The van der Waals surface area contributed by atoms with E-state index in [9.17, 15) is 9.59 Å². The molecule has 0 saturated heterocycles. The van der Waals surface area contributed by atoms with Crippen molar-refractivity contribution in [3.8, 4) is 0 Å². The molecule has 1 N–H and O–H groups in total. The zero-order chi connectivity index (χ0) is 12.6. The predicted octanol–water partition coefficient (Wildman–Crippen LogP) is 2.50. The third-order valence-corrected chi connectivity index (χ3v) is 4.08. The van der Waals surface area contributed by atoms with Crippen LogP contribution in [0.25, 0.3) is 0 Å². The van der Waals surface area contributed by atoms with Crippen LogP contribution in [0.15, 0.2) is 0 Å². The molecule has 0 aromatic carbocycles. The summed E-state index contributed by atoms with van der Waals surface area (Å²) in [6, 6.07) is 0. The van der Waals surface area contributed by atoms with Crippen LogP contribution in [0, 0.1) is 19.8 Å². The monoisotopic (exact) mass is 253 g/mol. The van der Waals surface area contributed by atoms with Crippen molar-refractivity contribution in [3.05, 3.63) is 16.0 Å². The van der Waals surface area contributed by atoms with Gasteiger partial charge in [-0.3, -0.25) is 4.79 Å². The van der Waals surface area contributed by atoms with Gasteiger partial charge < -0.3 is 10.1 Å². The molecule has 1 saturated carbocycles. The number of carbonyl (C=O) groups is 2. The lowest BCUT2D eigenvalue weighted by Gasteiger charge is -2.05. The molecular weight excluding hydrogens is 238 g/mol. The lowest BCUT2D eigenvalue weighted by Crippen LogP contribution is -2.15. The van der Waals surface area contributed by atoms with Crippen LogP contribution < -0.4 is 5.32 Å². The molecule has 17 heavy (non-hydrogen) atoms. The number of esters is 1. The van der Waals surface area contributed by atoms with Crippen LogP contribution in [0.1, 0.15) is 33.6 Å². The van der Waals surface area contributed by atoms with E-state index in [0.717, 1.165) is 23.3 Å². The number of hydrogen-bond acceptors (Lipinski definition) is 4. The number of carbonyl (C=O) groups excluding carboxylic acids is 2. The highest BCUT2D eigenvalue weighted by molar-refractivity contribution is 7.16. The molecule has 0 aliphatic heterocycles. The lowest BCUT2D eigenvalue weighted by molar-refractivity contribution is -0.117. The first kappa shape index (κ1) is 12.1. The second-order valence-electron chi connectivity index (χ2n) is 4.24. The molecule has 4 nitrogen and oxygen atoms in total. The third-order valence-electron chi connectivity index (χ3n) is 2.96. The molecule has 1 aliphatic rings. The molecule has 2 rings (SSSR count). The zero-order valence-corrected chi connectivity index (χ0v) is 10.9. The van der Waals surface area contributed by atoms with Gasteiger partial charge in [0.1, 0.15) is 5.00 Å². The van der Waals surface area contributed by atoms with Crippen LogP contribution in [0.3, 0.4) is 0 Å². The van der Waals surface area contributed by atoms with Crippen molar-refractivity contribution in [2.45, 2.75) is 26.7 Å². The van der Waals surface area contributed by atoms with Crippen molar-refractivity contribution < 1.29 is 14.3 Å². The van der Waals surface area contributed by atoms with Crippen LogP contribution in [-0.4, -0.2) is 19.0 Å². The van der Waals surface area contributed by atoms with Crippen LogP contribution in [0.2, 0.25) is 0 Å². The molecule has 1 aliphatic carbocycles. The Morgan fingerprint density at radius 3 is 2.53 bits per heavy atom. The van der Waals surface area contributed by atoms with Gasteiger partial charge in [-0.15, -0.1) is 11.3 Å². The van der Waals surface area contributed by atoms with Crippen LogP contribution >= 0.6 is 11.3 Å². The molecule has 92 valence electrons. The first-order chi connectivity index (χ1) is 8.04. The number of thiophene rings is 1. The van der Waals surface area contributed by atoms with Crippen molar-refractivity contribution in [2.75, 3.05) is 12.4 Å². The van der Waals surface area contributed by atoms with Crippen LogP contribution in [0.4, 0.5) is 5.00 Å². The van der Waals surface area contributed by atoms with Gasteiger partial charge in [-0.05, 0) is 32.3 Å². The highest BCUT2D eigenvalue weighted by Gasteiger charge is 2.31. The van der Waals surface area contributed by atoms with Crippen LogP contribution in [0.5, 0.6) is 0 Å². The molecule has 0 atom stereocenters. The summed E-state index contributed by atoms with van der Waals surface area (Å²) in [5, 5.41) is 3.44. The number of hydrogen-bond donors (Lipinski definition) is 1. The summed E-state index contributed by atoms with van der Waals surface area (Å²) in [5.41, 5.74) is 1.37. The zero-order valence-electron chi connectivity index (χ0n) is 10.1. The molecule has 1 aromatic rings. The quantitative estimate of drug-likeness (QED) is 0.842. The molecule has 0 unspecified atom stereocenters. The maximum atomic E-state index is 11.7. The van der Waals surface area contributed by atoms with E-state index in [-0.39, 0.29) is 11.8 Å². The van der Waals surface area contributed by atoms with E-state index < -0.39 is 5.97 Å². The Bertz CT molecular complexity index is 474. The Morgan fingerprint density at radius 1 is 1.35 bits per heavy atom. The van der Waals surface area contributed by atoms with Gasteiger partial charge in [-0.2, -0.15) is 0 Å². The summed E-state index contributed by atoms with van der Waals surface area (Å²) >= 11 is 1.43. The van der Waals surface area contributed by atoms with E-state index in [2.05, 4.69) is 5.32 Å². The average molecular weight is 253 g/mol. The SMILES string of the molecule is COC(=O)c1c(NC(=O)C2CC2)sc(C)c1C. The minimum atomic E-state index is -0.391. The van der Waals surface area contributed by atoms with E-state index >= 15 is 0 Å². The minimum absolute atomic E-state index is 0.0106. The van der Waals surface area contributed by atoms with E-state index in [0.29, 0.717) is 10.6 Å². The summed E-state index contributed by atoms with van der Waals surface area (Å²) in [4.78, 5) is 24.4. The fourth-order valence-corrected chi connectivity index (χ4v) is 2.67. The highest BCUT2D eigenvalue weighted by Crippen LogP contribution is 2.36. The maximum absolute atomic E-state index is 11.7. The second kappa shape index (κ2) is 4.49. The van der Waals surface area contributed by atoms with Gasteiger partial charge in [0.15, 0.2) is 0 Å². The summed E-state index contributed by atoms with van der Waals surface area (Å²) in [6.45, 7) is 3.80. The Kier molecular flexibility index (Phi) is 3.19. The number of rotatable bonds is 3. The topological polar surface area (TPSA) is 55.4 Å². The predicted molar refractivity (Wildman–Crippen MR) is 66.5 cm³/mol. The van der Waals surface area contributed by atoms with Gasteiger partial charge in [-0.1, -0.05) is 0 Å². The number of amides is 1. The summed E-state index contributed by atoms with van der Waals surface area (Å²) < 4.78 is 4.75. The van der Waals surface area contributed by atoms with Gasteiger partial charge in [0, 0.05) is 10.8 Å².